The van der Waals surface area contributed by atoms with Crippen molar-refractivity contribution >= 4 is 11.8 Å². The summed E-state index contributed by atoms with van der Waals surface area (Å²) in [6.07, 6.45) is 5.52. The molecule has 0 atom stereocenters. The Morgan fingerprint density at radius 2 is 1.88 bits per heavy atom. The van der Waals surface area contributed by atoms with Crippen molar-refractivity contribution in [2.45, 2.75) is 33.1 Å². The number of nitrogens with zero attached hydrogens (tertiary/aromatic N) is 3. The van der Waals surface area contributed by atoms with Gasteiger partial charge in [-0.05, 0) is 42.7 Å². The Hall–Kier alpha value is -2.10. The molecule has 0 unspecified atom stereocenters. The first-order chi connectivity index (χ1) is 11.7. The number of piperidine rings is 1. The molecule has 24 heavy (non-hydrogen) atoms. The molecule has 1 aromatic carbocycles. The van der Waals surface area contributed by atoms with Crippen molar-refractivity contribution in [3.63, 3.8) is 0 Å². The molecule has 2 heterocycles. The number of hydrogen-bond donors (Lipinski definition) is 1. The van der Waals surface area contributed by atoms with Gasteiger partial charge in [0.05, 0.1) is 0 Å². The predicted molar refractivity (Wildman–Crippen MR) is 100 cm³/mol. The van der Waals surface area contributed by atoms with Gasteiger partial charge in [0, 0.05) is 25.8 Å². The third kappa shape index (κ3) is 4.70. The minimum Gasteiger partial charge on any atom is -0.356 e. The van der Waals surface area contributed by atoms with Crippen molar-refractivity contribution in [2.24, 2.45) is 11.8 Å². The van der Waals surface area contributed by atoms with Gasteiger partial charge in [0.1, 0.15) is 5.82 Å². The maximum atomic E-state index is 4.68. The molecule has 3 rings (SSSR count). The van der Waals surface area contributed by atoms with Crippen LogP contribution in [0.2, 0.25) is 0 Å². The van der Waals surface area contributed by atoms with Crippen LogP contribution in [-0.2, 0) is 6.42 Å². The first-order valence-corrected chi connectivity index (χ1v) is 9.06. The number of benzene rings is 1. The van der Waals surface area contributed by atoms with Crippen LogP contribution in [0, 0.1) is 11.8 Å². The largest absolute Gasteiger partial charge is 0.356 e. The maximum Gasteiger partial charge on any atom is 0.224 e. The van der Waals surface area contributed by atoms with Crippen molar-refractivity contribution in [3.05, 3.63) is 48.2 Å². The number of nitrogens with one attached hydrogen (secondary N) is 1. The lowest BCUT2D eigenvalue weighted by atomic mass is 9.90. The number of hydrogen-bond acceptors (Lipinski definition) is 4. The Bertz CT molecular complexity index is 619. The maximum absolute atomic E-state index is 4.68. The van der Waals surface area contributed by atoms with Crippen LogP contribution in [0.25, 0.3) is 0 Å². The van der Waals surface area contributed by atoms with Crippen LogP contribution < -0.4 is 10.2 Å². The molecule has 1 N–H and O–H groups in total. The molecule has 0 bridgehead atoms. The van der Waals surface area contributed by atoms with Gasteiger partial charge in [0.15, 0.2) is 0 Å². The topological polar surface area (TPSA) is 41.1 Å². The molecular weight excluding hydrogens is 296 g/mol. The van der Waals surface area contributed by atoms with Crippen molar-refractivity contribution in [1.82, 2.24) is 9.97 Å². The highest BCUT2D eigenvalue weighted by Crippen LogP contribution is 2.25. The van der Waals surface area contributed by atoms with Gasteiger partial charge in [-0.2, -0.15) is 4.98 Å². The van der Waals surface area contributed by atoms with Crippen LogP contribution in [0.4, 0.5) is 11.8 Å². The normalized spacial score (nSPS) is 15.7. The van der Waals surface area contributed by atoms with E-state index in [0.717, 1.165) is 37.3 Å². The second-order valence-corrected chi connectivity index (χ2v) is 7.13. The Labute approximate surface area is 145 Å². The van der Waals surface area contributed by atoms with E-state index < -0.39 is 0 Å². The van der Waals surface area contributed by atoms with Gasteiger partial charge in [0.25, 0.3) is 0 Å². The van der Waals surface area contributed by atoms with E-state index in [9.17, 15) is 0 Å². The monoisotopic (exact) mass is 324 g/mol. The zero-order valence-electron chi connectivity index (χ0n) is 14.8. The second kappa shape index (κ2) is 8.13. The van der Waals surface area contributed by atoms with E-state index in [4.69, 9.17) is 0 Å². The lowest BCUT2D eigenvalue weighted by Gasteiger charge is -2.33. The van der Waals surface area contributed by atoms with Gasteiger partial charge in [0.2, 0.25) is 5.95 Å². The van der Waals surface area contributed by atoms with Gasteiger partial charge >= 0.3 is 0 Å². The summed E-state index contributed by atoms with van der Waals surface area (Å²) in [5.74, 6) is 3.16. The standard InChI is InChI=1S/C20H28N4/c1-16(2)15-22-20-21-11-8-19(23-20)24-12-9-18(10-13-24)14-17-6-4-3-5-7-17/h3-8,11,16,18H,9-10,12-15H2,1-2H3,(H,21,22,23). The van der Waals surface area contributed by atoms with Gasteiger partial charge < -0.3 is 10.2 Å². The Balaban J connectivity index is 1.53. The lowest BCUT2D eigenvalue weighted by Crippen LogP contribution is -2.35. The number of aromatic nitrogens is 2. The fourth-order valence-electron chi connectivity index (χ4n) is 3.22. The first kappa shape index (κ1) is 16.7. The SMILES string of the molecule is CC(C)CNc1nccc(N2CCC(Cc3ccccc3)CC2)n1. The van der Waals surface area contributed by atoms with E-state index in [1.165, 1.54) is 24.8 Å². The summed E-state index contributed by atoms with van der Waals surface area (Å²) in [6.45, 7) is 7.45. The van der Waals surface area contributed by atoms with Gasteiger partial charge in [-0.25, -0.2) is 4.98 Å². The predicted octanol–water partition coefficient (Wildman–Crippen LogP) is 4.00. The zero-order chi connectivity index (χ0) is 16.8. The van der Waals surface area contributed by atoms with E-state index in [2.05, 4.69) is 64.4 Å². The highest BCUT2D eigenvalue weighted by Gasteiger charge is 2.20. The van der Waals surface area contributed by atoms with Crippen molar-refractivity contribution in [2.75, 3.05) is 29.9 Å². The number of rotatable bonds is 6. The van der Waals surface area contributed by atoms with Crippen LogP contribution >= 0.6 is 0 Å². The molecule has 1 saturated heterocycles. The third-order valence-electron chi connectivity index (χ3n) is 4.62. The summed E-state index contributed by atoms with van der Waals surface area (Å²) in [5, 5.41) is 3.32. The average molecular weight is 324 g/mol. The Morgan fingerprint density at radius 3 is 2.58 bits per heavy atom. The molecule has 0 radical (unpaired) electrons. The van der Waals surface area contributed by atoms with Crippen LogP contribution in [0.15, 0.2) is 42.6 Å². The van der Waals surface area contributed by atoms with Crippen molar-refractivity contribution in [3.8, 4) is 0 Å². The molecule has 1 aromatic heterocycles. The van der Waals surface area contributed by atoms with Crippen LogP contribution in [0.5, 0.6) is 0 Å². The quantitative estimate of drug-likeness (QED) is 0.872. The zero-order valence-corrected chi connectivity index (χ0v) is 14.8. The second-order valence-electron chi connectivity index (χ2n) is 7.13. The van der Waals surface area contributed by atoms with E-state index in [1.54, 1.807) is 0 Å². The molecule has 128 valence electrons. The van der Waals surface area contributed by atoms with E-state index in [-0.39, 0.29) is 0 Å². The molecule has 0 aliphatic carbocycles. The Kier molecular flexibility index (Phi) is 5.68. The molecule has 2 aromatic rings. The van der Waals surface area contributed by atoms with Gasteiger partial charge in [-0.1, -0.05) is 44.2 Å². The highest BCUT2D eigenvalue weighted by molar-refractivity contribution is 5.42. The smallest absolute Gasteiger partial charge is 0.224 e. The van der Waals surface area contributed by atoms with E-state index >= 15 is 0 Å². The molecule has 0 spiro atoms. The molecular formula is C20H28N4. The van der Waals surface area contributed by atoms with E-state index in [1.807, 2.05) is 12.3 Å². The minimum absolute atomic E-state index is 0.589. The summed E-state index contributed by atoms with van der Waals surface area (Å²) in [5.41, 5.74) is 1.46. The van der Waals surface area contributed by atoms with Crippen LogP contribution in [-0.4, -0.2) is 29.6 Å². The Morgan fingerprint density at radius 1 is 1.12 bits per heavy atom. The van der Waals surface area contributed by atoms with Gasteiger partial charge in [-0.3, -0.25) is 0 Å². The molecule has 4 nitrogen and oxygen atoms in total. The van der Waals surface area contributed by atoms with E-state index in [0.29, 0.717) is 5.92 Å². The fourth-order valence-corrected chi connectivity index (χ4v) is 3.22. The highest BCUT2D eigenvalue weighted by atomic mass is 15.2. The molecule has 0 amide bonds. The molecule has 1 fully saturated rings. The van der Waals surface area contributed by atoms with Crippen molar-refractivity contribution in [1.29, 1.82) is 0 Å². The molecule has 1 aliphatic rings. The van der Waals surface area contributed by atoms with Crippen LogP contribution in [0.3, 0.4) is 0 Å². The fraction of sp³-hybridized carbons (Fsp3) is 0.500. The first-order valence-electron chi connectivity index (χ1n) is 9.06. The minimum atomic E-state index is 0.589. The summed E-state index contributed by atoms with van der Waals surface area (Å²) in [7, 11) is 0. The average Bonchev–Trinajstić information content (AvgIpc) is 2.62. The molecule has 4 heteroatoms. The molecule has 0 saturated carbocycles. The third-order valence-corrected chi connectivity index (χ3v) is 4.62. The summed E-state index contributed by atoms with van der Waals surface area (Å²) in [6, 6.07) is 12.9. The van der Waals surface area contributed by atoms with Crippen LogP contribution in [0.1, 0.15) is 32.3 Å². The summed E-state index contributed by atoms with van der Waals surface area (Å²) >= 11 is 0. The summed E-state index contributed by atoms with van der Waals surface area (Å²) in [4.78, 5) is 11.4. The molecule has 1 aliphatic heterocycles. The number of anilines is 2. The summed E-state index contributed by atoms with van der Waals surface area (Å²) < 4.78 is 0. The van der Waals surface area contributed by atoms with Gasteiger partial charge in [-0.15, -0.1) is 0 Å². The lowest BCUT2D eigenvalue weighted by molar-refractivity contribution is 0.402. The van der Waals surface area contributed by atoms with Crippen molar-refractivity contribution < 1.29 is 0 Å².